The molecule has 4 aromatic rings. The fourth-order valence-corrected chi connectivity index (χ4v) is 4.36. The second-order valence-electron chi connectivity index (χ2n) is 10.2. The first-order chi connectivity index (χ1) is 18.1. The Labute approximate surface area is 224 Å². The van der Waals surface area contributed by atoms with Gasteiger partial charge in [-0.2, -0.15) is 9.78 Å². The Kier molecular flexibility index (Phi) is 7.86. The number of hydrogen-bond donors (Lipinski definition) is 0. The molecule has 1 heterocycles. The number of ether oxygens (including phenoxy) is 2. The van der Waals surface area contributed by atoms with E-state index in [1.807, 2.05) is 82.2 Å². The Morgan fingerprint density at radius 2 is 1.74 bits per heavy atom. The highest BCUT2D eigenvalue weighted by Crippen LogP contribution is 2.34. The van der Waals surface area contributed by atoms with Crippen LogP contribution in [0.4, 0.5) is 5.69 Å². The highest BCUT2D eigenvalue weighted by molar-refractivity contribution is 5.85. The largest absolute Gasteiger partial charge is 0.496 e. The third-order valence-corrected chi connectivity index (χ3v) is 6.38. The SMILES string of the molecule is COc1cc(C)c(-c2nc3ccccc3c(=O)n2N=Cc2ccc(N(C)C)cc2OC(C)C)cc1C(C)C. The van der Waals surface area contributed by atoms with E-state index in [9.17, 15) is 4.79 Å². The van der Waals surface area contributed by atoms with Gasteiger partial charge in [-0.15, -0.1) is 0 Å². The van der Waals surface area contributed by atoms with Crippen LogP contribution in [0.25, 0.3) is 22.3 Å². The molecular weight excluding hydrogens is 476 g/mol. The minimum absolute atomic E-state index is 0.0171. The molecule has 0 atom stereocenters. The summed E-state index contributed by atoms with van der Waals surface area (Å²) in [6.07, 6.45) is 1.65. The van der Waals surface area contributed by atoms with Crippen molar-refractivity contribution in [3.63, 3.8) is 0 Å². The van der Waals surface area contributed by atoms with Gasteiger partial charge in [-0.1, -0.05) is 26.0 Å². The van der Waals surface area contributed by atoms with Crippen LogP contribution in [0.15, 0.2) is 64.5 Å². The summed E-state index contributed by atoms with van der Waals surface area (Å²) in [6.45, 7) is 10.2. The summed E-state index contributed by atoms with van der Waals surface area (Å²) in [7, 11) is 5.64. The predicted octanol–water partition coefficient (Wildman–Crippen LogP) is 6.24. The fourth-order valence-electron chi connectivity index (χ4n) is 4.36. The van der Waals surface area contributed by atoms with Crippen LogP contribution < -0.4 is 19.9 Å². The molecule has 3 aromatic carbocycles. The molecule has 7 heteroatoms. The van der Waals surface area contributed by atoms with Crippen molar-refractivity contribution in [1.82, 2.24) is 9.66 Å². The lowest BCUT2D eigenvalue weighted by molar-refractivity contribution is 0.242. The number of aryl methyl sites for hydroxylation is 1. The molecule has 0 N–H and O–H groups in total. The Morgan fingerprint density at radius 3 is 2.39 bits per heavy atom. The first-order valence-corrected chi connectivity index (χ1v) is 12.8. The summed E-state index contributed by atoms with van der Waals surface area (Å²) in [5.41, 5.74) is 4.98. The molecule has 0 spiro atoms. The van der Waals surface area contributed by atoms with Gasteiger partial charge in [0.05, 0.1) is 30.3 Å². The molecule has 1 aromatic heterocycles. The van der Waals surface area contributed by atoms with E-state index < -0.39 is 0 Å². The molecule has 0 aliphatic carbocycles. The van der Waals surface area contributed by atoms with E-state index in [0.29, 0.717) is 22.5 Å². The molecule has 0 amide bonds. The van der Waals surface area contributed by atoms with Crippen molar-refractivity contribution >= 4 is 22.8 Å². The Balaban J connectivity index is 1.96. The van der Waals surface area contributed by atoms with E-state index in [4.69, 9.17) is 19.6 Å². The number of benzene rings is 3. The van der Waals surface area contributed by atoms with Gasteiger partial charge in [-0.05, 0) is 74.2 Å². The molecule has 0 fully saturated rings. The second kappa shape index (κ2) is 11.1. The summed E-state index contributed by atoms with van der Waals surface area (Å²) >= 11 is 0. The quantitative estimate of drug-likeness (QED) is 0.262. The summed E-state index contributed by atoms with van der Waals surface area (Å²) in [5.74, 6) is 2.21. The molecule has 0 saturated carbocycles. The third kappa shape index (κ3) is 5.42. The number of rotatable bonds is 8. The van der Waals surface area contributed by atoms with Gasteiger partial charge in [0.25, 0.3) is 5.56 Å². The van der Waals surface area contributed by atoms with Gasteiger partial charge in [-0.3, -0.25) is 4.79 Å². The standard InChI is InChI=1S/C31H36N4O3/c1-19(2)25-17-26(21(5)15-29(25)37-8)30-33-27-12-10-9-11-24(27)31(36)35(30)32-18-22-13-14-23(34(6)7)16-28(22)38-20(3)4/h9-20H,1-8H3. The zero-order valence-electron chi connectivity index (χ0n) is 23.4. The van der Waals surface area contributed by atoms with Crippen LogP contribution in [0, 0.1) is 6.92 Å². The number of anilines is 1. The van der Waals surface area contributed by atoms with Gasteiger partial charge in [-0.25, -0.2) is 4.98 Å². The highest BCUT2D eigenvalue weighted by Gasteiger charge is 2.18. The zero-order chi connectivity index (χ0) is 27.6. The zero-order valence-corrected chi connectivity index (χ0v) is 23.4. The number of methoxy groups -OCH3 is 1. The topological polar surface area (TPSA) is 69.0 Å². The Hall–Kier alpha value is -4.13. The summed E-state index contributed by atoms with van der Waals surface area (Å²) in [5, 5.41) is 5.20. The van der Waals surface area contributed by atoms with E-state index in [2.05, 4.69) is 19.9 Å². The smallest absolute Gasteiger partial charge is 0.282 e. The third-order valence-electron chi connectivity index (χ3n) is 6.38. The maximum Gasteiger partial charge on any atom is 0.282 e. The van der Waals surface area contributed by atoms with Crippen LogP contribution in [0.1, 0.15) is 50.3 Å². The summed E-state index contributed by atoms with van der Waals surface area (Å²) < 4.78 is 13.1. The van der Waals surface area contributed by atoms with Crippen LogP contribution in [0.5, 0.6) is 11.5 Å². The van der Waals surface area contributed by atoms with Crippen LogP contribution in [-0.2, 0) is 0 Å². The molecule has 0 unspecified atom stereocenters. The van der Waals surface area contributed by atoms with Crippen molar-refractivity contribution in [2.45, 2.75) is 46.6 Å². The van der Waals surface area contributed by atoms with Gasteiger partial charge >= 0.3 is 0 Å². The maximum atomic E-state index is 13.7. The first kappa shape index (κ1) is 26.9. The van der Waals surface area contributed by atoms with Crippen molar-refractivity contribution in [3.8, 4) is 22.9 Å². The first-order valence-electron chi connectivity index (χ1n) is 12.8. The van der Waals surface area contributed by atoms with Crippen molar-refractivity contribution in [2.75, 3.05) is 26.1 Å². The van der Waals surface area contributed by atoms with Crippen LogP contribution in [0.2, 0.25) is 0 Å². The van der Waals surface area contributed by atoms with E-state index >= 15 is 0 Å². The number of aromatic nitrogens is 2. The molecule has 0 aliphatic rings. The molecule has 0 radical (unpaired) electrons. The second-order valence-corrected chi connectivity index (χ2v) is 10.2. The van der Waals surface area contributed by atoms with Crippen LogP contribution in [0.3, 0.4) is 0 Å². The summed E-state index contributed by atoms with van der Waals surface area (Å²) in [4.78, 5) is 20.7. The van der Waals surface area contributed by atoms with E-state index in [1.165, 1.54) is 4.68 Å². The number of fused-ring (bicyclic) bond motifs is 1. The minimum Gasteiger partial charge on any atom is -0.496 e. The van der Waals surface area contributed by atoms with Gasteiger partial charge in [0, 0.05) is 37.0 Å². The average molecular weight is 513 g/mol. The van der Waals surface area contributed by atoms with Crippen molar-refractivity contribution in [1.29, 1.82) is 0 Å². The van der Waals surface area contributed by atoms with Crippen molar-refractivity contribution < 1.29 is 9.47 Å². The lowest BCUT2D eigenvalue weighted by Gasteiger charge is -2.18. The van der Waals surface area contributed by atoms with Gasteiger partial charge in [0.15, 0.2) is 5.82 Å². The normalized spacial score (nSPS) is 11.6. The lowest BCUT2D eigenvalue weighted by atomic mass is 9.96. The van der Waals surface area contributed by atoms with Gasteiger partial charge in [0.1, 0.15) is 11.5 Å². The molecular formula is C31H36N4O3. The Morgan fingerprint density at radius 1 is 1.00 bits per heavy atom. The van der Waals surface area contributed by atoms with Gasteiger partial charge < -0.3 is 14.4 Å². The van der Waals surface area contributed by atoms with Crippen molar-refractivity contribution in [3.05, 3.63) is 81.6 Å². The predicted molar refractivity (Wildman–Crippen MR) is 156 cm³/mol. The number of hydrogen-bond acceptors (Lipinski definition) is 6. The monoisotopic (exact) mass is 512 g/mol. The van der Waals surface area contributed by atoms with E-state index in [-0.39, 0.29) is 17.6 Å². The average Bonchev–Trinajstić information content (AvgIpc) is 2.87. The molecule has 4 rings (SSSR count). The molecule has 0 saturated heterocycles. The number of para-hydroxylation sites is 1. The van der Waals surface area contributed by atoms with E-state index in [0.717, 1.165) is 33.7 Å². The lowest BCUT2D eigenvalue weighted by Crippen LogP contribution is -2.21. The molecule has 0 aliphatic heterocycles. The van der Waals surface area contributed by atoms with Crippen LogP contribution in [-0.4, -0.2) is 43.2 Å². The Bertz CT molecular complexity index is 1550. The molecule has 38 heavy (non-hydrogen) atoms. The van der Waals surface area contributed by atoms with E-state index in [1.54, 1.807) is 19.4 Å². The molecule has 0 bridgehead atoms. The minimum atomic E-state index is -0.237. The maximum absolute atomic E-state index is 13.7. The van der Waals surface area contributed by atoms with Crippen LogP contribution >= 0.6 is 0 Å². The van der Waals surface area contributed by atoms with Crippen molar-refractivity contribution in [2.24, 2.45) is 5.10 Å². The van der Waals surface area contributed by atoms with Gasteiger partial charge in [0.2, 0.25) is 0 Å². The number of nitrogens with zero attached hydrogens (tertiary/aromatic N) is 4. The summed E-state index contributed by atoms with van der Waals surface area (Å²) in [6, 6.07) is 17.3. The highest BCUT2D eigenvalue weighted by atomic mass is 16.5. The molecule has 7 nitrogen and oxygen atoms in total. The fraction of sp³-hybridized carbons (Fsp3) is 0.323. The molecule has 198 valence electrons.